The quantitative estimate of drug-likeness (QED) is 0.706. The van der Waals surface area contributed by atoms with Crippen molar-refractivity contribution in [1.29, 1.82) is 0 Å². The topological polar surface area (TPSA) is 38.7 Å². The van der Waals surface area contributed by atoms with Crippen LogP contribution in [0.25, 0.3) is 0 Å². The maximum atomic E-state index is 9.80. The van der Waals surface area contributed by atoms with Crippen LogP contribution in [0.15, 0.2) is 0 Å². The zero-order chi connectivity index (χ0) is 10.4. The van der Waals surface area contributed by atoms with Crippen molar-refractivity contribution in [2.24, 2.45) is 0 Å². The summed E-state index contributed by atoms with van der Waals surface area (Å²) in [7, 11) is 1.67. The molecule has 0 aromatic carbocycles. The van der Waals surface area contributed by atoms with E-state index in [1.807, 2.05) is 6.92 Å². The summed E-state index contributed by atoms with van der Waals surface area (Å²) in [5.41, 5.74) is 0. The maximum absolute atomic E-state index is 9.80. The minimum absolute atomic E-state index is 0.0163. The molecular weight excluding hydrogens is 180 g/mol. The molecule has 0 amide bonds. The molecule has 0 aromatic heterocycles. The molecule has 1 rings (SSSR count). The van der Waals surface area contributed by atoms with Crippen molar-refractivity contribution in [3.63, 3.8) is 0 Å². The van der Waals surface area contributed by atoms with Gasteiger partial charge in [0, 0.05) is 7.11 Å². The van der Waals surface area contributed by atoms with Crippen molar-refractivity contribution in [3.8, 4) is 0 Å². The average molecular weight is 202 g/mol. The van der Waals surface area contributed by atoms with Gasteiger partial charge in [0.05, 0.1) is 24.9 Å². The summed E-state index contributed by atoms with van der Waals surface area (Å²) in [5.74, 6) is 0. The molecule has 3 atom stereocenters. The van der Waals surface area contributed by atoms with E-state index in [1.54, 1.807) is 7.11 Å². The summed E-state index contributed by atoms with van der Waals surface area (Å²) in [6.45, 7) is 2.59. The number of methoxy groups -OCH3 is 1. The van der Waals surface area contributed by atoms with E-state index in [-0.39, 0.29) is 18.3 Å². The van der Waals surface area contributed by atoms with Crippen molar-refractivity contribution < 1.29 is 14.6 Å². The summed E-state index contributed by atoms with van der Waals surface area (Å²) in [6, 6.07) is 0. The van der Waals surface area contributed by atoms with Gasteiger partial charge in [0.25, 0.3) is 0 Å². The molecule has 3 unspecified atom stereocenters. The molecule has 0 aliphatic heterocycles. The molecule has 0 heterocycles. The minimum Gasteiger partial charge on any atom is -0.390 e. The lowest BCUT2D eigenvalue weighted by atomic mass is 10.1. The third-order valence-corrected chi connectivity index (χ3v) is 2.73. The third-order valence-electron chi connectivity index (χ3n) is 2.73. The Hall–Kier alpha value is -0.120. The average Bonchev–Trinajstić information content (AvgIpc) is 2.33. The Kier molecular flexibility index (Phi) is 5.45. The standard InChI is InChI=1S/C11H22O3/c1-9(8-13-2)14-11-7-5-3-4-6-10(11)12/h9-12H,3-8H2,1-2H3. The molecular formula is C11H22O3. The van der Waals surface area contributed by atoms with E-state index in [2.05, 4.69) is 0 Å². The zero-order valence-corrected chi connectivity index (χ0v) is 9.24. The van der Waals surface area contributed by atoms with E-state index in [0.29, 0.717) is 6.61 Å². The highest BCUT2D eigenvalue weighted by atomic mass is 16.5. The second kappa shape index (κ2) is 6.38. The van der Waals surface area contributed by atoms with E-state index in [0.717, 1.165) is 19.3 Å². The number of rotatable bonds is 4. The van der Waals surface area contributed by atoms with Crippen molar-refractivity contribution in [3.05, 3.63) is 0 Å². The van der Waals surface area contributed by atoms with Gasteiger partial charge in [0.1, 0.15) is 0 Å². The number of aliphatic hydroxyl groups excluding tert-OH is 1. The summed E-state index contributed by atoms with van der Waals surface area (Å²) in [5, 5.41) is 9.80. The Morgan fingerprint density at radius 2 is 2.00 bits per heavy atom. The smallest absolute Gasteiger partial charge is 0.0838 e. The fraction of sp³-hybridized carbons (Fsp3) is 1.00. The van der Waals surface area contributed by atoms with Crippen LogP contribution in [0.5, 0.6) is 0 Å². The van der Waals surface area contributed by atoms with Gasteiger partial charge in [-0.2, -0.15) is 0 Å². The van der Waals surface area contributed by atoms with E-state index in [1.165, 1.54) is 12.8 Å². The van der Waals surface area contributed by atoms with Gasteiger partial charge >= 0.3 is 0 Å². The van der Waals surface area contributed by atoms with Crippen LogP contribution < -0.4 is 0 Å². The van der Waals surface area contributed by atoms with Gasteiger partial charge in [-0.15, -0.1) is 0 Å². The normalized spacial score (nSPS) is 31.1. The highest BCUT2D eigenvalue weighted by Gasteiger charge is 2.23. The van der Waals surface area contributed by atoms with Crippen LogP contribution in [0.4, 0.5) is 0 Å². The van der Waals surface area contributed by atoms with E-state index in [9.17, 15) is 5.11 Å². The third kappa shape index (κ3) is 3.95. The molecule has 14 heavy (non-hydrogen) atoms. The molecule has 1 N–H and O–H groups in total. The first-order valence-corrected chi connectivity index (χ1v) is 5.56. The lowest BCUT2D eigenvalue weighted by Crippen LogP contribution is -2.32. The largest absolute Gasteiger partial charge is 0.390 e. The van der Waals surface area contributed by atoms with Gasteiger partial charge in [0.15, 0.2) is 0 Å². The molecule has 1 fully saturated rings. The SMILES string of the molecule is COCC(C)OC1CCCCCC1O. The van der Waals surface area contributed by atoms with Crippen LogP contribution >= 0.6 is 0 Å². The predicted molar refractivity (Wildman–Crippen MR) is 55.3 cm³/mol. The van der Waals surface area contributed by atoms with E-state index >= 15 is 0 Å². The Morgan fingerprint density at radius 1 is 1.29 bits per heavy atom. The van der Waals surface area contributed by atoms with Gasteiger partial charge < -0.3 is 14.6 Å². The number of aliphatic hydroxyl groups is 1. The summed E-state index contributed by atoms with van der Waals surface area (Å²) >= 11 is 0. The number of ether oxygens (including phenoxy) is 2. The molecule has 3 heteroatoms. The molecule has 0 aromatic rings. The van der Waals surface area contributed by atoms with Crippen LogP contribution in [0.1, 0.15) is 39.0 Å². The molecule has 1 saturated carbocycles. The fourth-order valence-electron chi connectivity index (χ4n) is 1.99. The van der Waals surface area contributed by atoms with E-state index in [4.69, 9.17) is 9.47 Å². The van der Waals surface area contributed by atoms with Crippen LogP contribution in [0.2, 0.25) is 0 Å². The molecule has 3 nitrogen and oxygen atoms in total. The van der Waals surface area contributed by atoms with Crippen molar-refractivity contribution >= 4 is 0 Å². The van der Waals surface area contributed by atoms with E-state index < -0.39 is 0 Å². The van der Waals surface area contributed by atoms with Crippen molar-refractivity contribution in [1.82, 2.24) is 0 Å². The van der Waals surface area contributed by atoms with Crippen LogP contribution in [-0.4, -0.2) is 37.1 Å². The first-order valence-electron chi connectivity index (χ1n) is 5.56. The highest BCUT2D eigenvalue weighted by Crippen LogP contribution is 2.21. The Labute approximate surface area is 86.4 Å². The summed E-state index contributed by atoms with van der Waals surface area (Å²) in [6.07, 6.45) is 5.19. The van der Waals surface area contributed by atoms with Gasteiger partial charge in [-0.05, 0) is 19.8 Å². The Morgan fingerprint density at radius 3 is 2.71 bits per heavy atom. The van der Waals surface area contributed by atoms with Gasteiger partial charge in [0.2, 0.25) is 0 Å². The number of hydrogen-bond acceptors (Lipinski definition) is 3. The van der Waals surface area contributed by atoms with Gasteiger partial charge in [-0.1, -0.05) is 19.3 Å². The molecule has 1 aliphatic carbocycles. The van der Waals surface area contributed by atoms with Crippen molar-refractivity contribution in [2.75, 3.05) is 13.7 Å². The molecule has 0 bridgehead atoms. The molecule has 0 saturated heterocycles. The second-order valence-electron chi connectivity index (χ2n) is 4.15. The monoisotopic (exact) mass is 202 g/mol. The van der Waals surface area contributed by atoms with Crippen LogP contribution in [0.3, 0.4) is 0 Å². The maximum Gasteiger partial charge on any atom is 0.0838 e. The molecule has 1 aliphatic rings. The van der Waals surface area contributed by atoms with Gasteiger partial charge in [-0.3, -0.25) is 0 Å². The lowest BCUT2D eigenvalue weighted by molar-refractivity contribution is -0.0914. The van der Waals surface area contributed by atoms with Crippen LogP contribution in [-0.2, 0) is 9.47 Å². The minimum atomic E-state index is -0.281. The molecule has 84 valence electrons. The molecule has 0 radical (unpaired) electrons. The summed E-state index contributed by atoms with van der Waals surface area (Å²) in [4.78, 5) is 0. The highest BCUT2D eigenvalue weighted by molar-refractivity contribution is 4.74. The summed E-state index contributed by atoms with van der Waals surface area (Å²) < 4.78 is 10.8. The Balaban J connectivity index is 2.32. The predicted octanol–water partition coefficient (Wildman–Crippen LogP) is 1.73. The van der Waals surface area contributed by atoms with Gasteiger partial charge in [-0.25, -0.2) is 0 Å². The second-order valence-corrected chi connectivity index (χ2v) is 4.15. The lowest BCUT2D eigenvalue weighted by Gasteiger charge is -2.24. The first-order chi connectivity index (χ1) is 6.74. The Bertz CT molecular complexity index is 149. The fourth-order valence-corrected chi connectivity index (χ4v) is 1.99. The molecule has 0 spiro atoms. The number of hydrogen-bond donors (Lipinski definition) is 1. The van der Waals surface area contributed by atoms with Crippen LogP contribution in [0, 0.1) is 0 Å². The van der Waals surface area contributed by atoms with Crippen molar-refractivity contribution in [2.45, 2.75) is 57.3 Å². The first kappa shape index (κ1) is 12.0. The zero-order valence-electron chi connectivity index (χ0n) is 9.24.